The van der Waals surface area contributed by atoms with Crippen LogP contribution in [0, 0.1) is 13.8 Å². The van der Waals surface area contributed by atoms with Crippen LogP contribution in [-0.4, -0.2) is 55.6 Å². The molecule has 2 unspecified atom stereocenters. The highest BCUT2D eigenvalue weighted by Crippen LogP contribution is 2.19. The van der Waals surface area contributed by atoms with Gasteiger partial charge in [0.2, 0.25) is 5.91 Å². The minimum absolute atomic E-state index is 0.102. The van der Waals surface area contributed by atoms with E-state index in [1.54, 1.807) is 0 Å². The Morgan fingerprint density at radius 2 is 1.68 bits per heavy atom. The second kappa shape index (κ2) is 10.9. The molecule has 1 aromatic carbocycles. The van der Waals surface area contributed by atoms with Crippen LogP contribution in [0.25, 0.3) is 0 Å². The van der Waals surface area contributed by atoms with Gasteiger partial charge in [-0.15, -0.1) is 0 Å². The molecular formula is C23H38N4O. The molecule has 2 atom stereocenters. The van der Waals surface area contributed by atoms with Gasteiger partial charge in [0.15, 0.2) is 0 Å². The van der Waals surface area contributed by atoms with E-state index < -0.39 is 0 Å². The van der Waals surface area contributed by atoms with E-state index in [4.69, 9.17) is 0 Å². The zero-order valence-corrected chi connectivity index (χ0v) is 17.7. The quantitative estimate of drug-likeness (QED) is 0.642. The Kier molecular flexibility index (Phi) is 8.31. The van der Waals surface area contributed by atoms with Crippen molar-refractivity contribution >= 4 is 11.6 Å². The number of carbonyl (C=O) groups is 1. The number of para-hydroxylation sites is 1. The van der Waals surface area contributed by atoms with Crippen LogP contribution in [0.1, 0.15) is 56.1 Å². The second-order valence-corrected chi connectivity index (χ2v) is 8.63. The molecule has 1 amide bonds. The van der Waals surface area contributed by atoms with Crippen LogP contribution in [0.2, 0.25) is 0 Å². The molecule has 0 bridgehead atoms. The van der Waals surface area contributed by atoms with Gasteiger partial charge in [-0.05, 0) is 70.2 Å². The lowest BCUT2D eigenvalue weighted by atomic mass is 10.0. The molecular weight excluding hydrogens is 348 g/mol. The summed E-state index contributed by atoms with van der Waals surface area (Å²) >= 11 is 0. The van der Waals surface area contributed by atoms with Crippen molar-refractivity contribution in [2.75, 3.05) is 38.0 Å². The summed E-state index contributed by atoms with van der Waals surface area (Å²) in [5, 5.41) is 10.5. The Morgan fingerprint density at radius 1 is 1.04 bits per heavy atom. The first-order chi connectivity index (χ1) is 13.6. The van der Waals surface area contributed by atoms with E-state index in [0.29, 0.717) is 18.6 Å². The summed E-state index contributed by atoms with van der Waals surface area (Å²) in [5.41, 5.74) is 3.22. The molecule has 28 heavy (non-hydrogen) atoms. The van der Waals surface area contributed by atoms with Gasteiger partial charge >= 0.3 is 0 Å². The maximum Gasteiger partial charge on any atom is 0.238 e. The lowest BCUT2D eigenvalue weighted by Gasteiger charge is -2.32. The smallest absolute Gasteiger partial charge is 0.238 e. The molecule has 3 rings (SSSR count). The van der Waals surface area contributed by atoms with E-state index in [1.165, 1.54) is 38.5 Å². The predicted molar refractivity (Wildman–Crippen MR) is 117 cm³/mol. The van der Waals surface area contributed by atoms with E-state index in [1.807, 2.05) is 6.07 Å². The summed E-state index contributed by atoms with van der Waals surface area (Å²) < 4.78 is 0. The van der Waals surface area contributed by atoms with Gasteiger partial charge in [0.1, 0.15) is 0 Å². The fourth-order valence-electron chi connectivity index (χ4n) is 4.53. The Labute approximate surface area is 170 Å². The normalized spacial score (nSPS) is 23.0. The molecule has 5 nitrogen and oxygen atoms in total. The number of nitrogens with zero attached hydrogens (tertiary/aromatic N) is 1. The molecule has 2 aliphatic rings. The van der Waals surface area contributed by atoms with Crippen molar-refractivity contribution in [2.45, 2.75) is 70.9 Å². The molecule has 1 aromatic rings. The monoisotopic (exact) mass is 386 g/mol. The minimum Gasteiger partial charge on any atom is -0.324 e. The van der Waals surface area contributed by atoms with Crippen LogP contribution in [0.15, 0.2) is 18.2 Å². The molecule has 2 fully saturated rings. The Hall–Kier alpha value is -1.43. The van der Waals surface area contributed by atoms with Gasteiger partial charge in [-0.2, -0.15) is 0 Å². The fourth-order valence-corrected chi connectivity index (χ4v) is 4.53. The van der Waals surface area contributed by atoms with Crippen LogP contribution < -0.4 is 16.0 Å². The number of nitrogens with one attached hydrogen (secondary N) is 3. The second-order valence-electron chi connectivity index (χ2n) is 8.63. The van der Waals surface area contributed by atoms with Gasteiger partial charge < -0.3 is 16.0 Å². The molecule has 2 aliphatic heterocycles. The van der Waals surface area contributed by atoms with E-state index in [9.17, 15) is 4.79 Å². The molecule has 0 aromatic heterocycles. The topological polar surface area (TPSA) is 56.4 Å². The van der Waals surface area contributed by atoms with Crippen molar-refractivity contribution in [3.05, 3.63) is 29.3 Å². The maximum absolute atomic E-state index is 12.8. The first-order valence-corrected chi connectivity index (χ1v) is 11.2. The predicted octanol–water partition coefficient (Wildman–Crippen LogP) is 3.22. The van der Waals surface area contributed by atoms with Crippen molar-refractivity contribution in [1.29, 1.82) is 0 Å². The highest BCUT2D eigenvalue weighted by molar-refractivity contribution is 5.93. The molecule has 5 heteroatoms. The lowest BCUT2D eigenvalue weighted by Crippen LogP contribution is -2.47. The highest BCUT2D eigenvalue weighted by Gasteiger charge is 2.21. The van der Waals surface area contributed by atoms with E-state index >= 15 is 0 Å². The minimum atomic E-state index is 0.102. The molecule has 0 aliphatic carbocycles. The SMILES string of the molecule is Cc1cccc(C)c1NC(=O)CN(CCC1CCCCN1)CC1CCCCN1. The van der Waals surface area contributed by atoms with Crippen LogP contribution in [-0.2, 0) is 4.79 Å². The van der Waals surface area contributed by atoms with Crippen molar-refractivity contribution in [3.8, 4) is 0 Å². The first-order valence-electron chi connectivity index (χ1n) is 11.2. The highest BCUT2D eigenvalue weighted by atomic mass is 16.2. The number of anilines is 1. The van der Waals surface area contributed by atoms with Gasteiger partial charge in [-0.3, -0.25) is 9.69 Å². The van der Waals surface area contributed by atoms with Gasteiger partial charge in [-0.1, -0.05) is 31.0 Å². The van der Waals surface area contributed by atoms with Crippen LogP contribution >= 0.6 is 0 Å². The van der Waals surface area contributed by atoms with E-state index in [-0.39, 0.29) is 5.91 Å². The number of benzene rings is 1. The van der Waals surface area contributed by atoms with E-state index in [2.05, 4.69) is 46.8 Å². The number of piperidine rings is 2. The molecule has 0 spiro atoms. The largest absolute Gasteiger partial charge is 0.324 e. The first kappa shape index (κ1) is 21.3. The molecule has 2 saturated heterocycles. The van der Waals surface area contributed by atoms with Crippen molar-refractivity contribution in [2.24, 2.45) is 0 Å². The third-order valence-corrected chi connectivity index (χ3v) is 6.21. The van der Waals surface area contributed by atoms with Crippen LogP contribution in [0.5, 0.6) is 0 Å². The third-order valence-electron chi connectivity index (χ3n) is 6.21. The zero-order valence-electron chi connectivity index (χ0n) is 17.7. The molecule has 3 N–H and O–H groups in total. The summed E-state index contributed by atoms with van der Waals surface area (Å²) in [7, 11) is 0. The Morgan fingerprint density at radius 3 is 2.29 bits per heavy atom. The fraction of sp³-hybridized carbons (Fsp3) is 0.696. The number of carbonyl (C=O) groups excluding carboxylic acids is 1. The van der Waals surface area contributed by atoms with Crippen molar-refractivity contribution in [3.63, 3.8) is 0 Å². The van der Waals surface area contributed by atoms with Gasteiger partial charge in [-0.25, -0.2) is 0 Å². The molecule has 0 radical (unpaired) electrons. The number of amides is 1. The average molecular weight is 387 g/mol. The lowest BCUT2D eigenvalue weighted by molar-refractivity contribution is -0.117. The Bertz CT molecular complexity index is 601. The summed E-state index contributed by atoms with van der Waals surface area (Å²) in [6, 6.07) is 7.28. The van der Waals surface area contributed by atoms with E-state index in [0.717, 1.165) is 49.4 Å². The van der Waals surface area contributed by atoms with Gasteiger partial charge in [0, 0.05) is 30.9 Å². The van der Waals surface area contributed by atoms with Crippen LogP contribution in [0.4, 0.5) is 5.69 Å². The van der Waals surface area contributed by atoms with Crippen molar-refractivity contribution < 1.29 is 4.79 Å². The summed E-state index contributed by atoms with van der Waals surface area (Å²) in [4.78, 5) is 15.2. The zero-order chi connectivity index (χ0) is 19.8. The van der Waals surface area contributed by atoms with Gasteiger partial charge in [0.05, 0.1) is 6.54 Å². The molecule has 156 valence electrons. The molecule has 0 saturated carbocycles. The van der Waals surface area contributed by atoms with Crippen molar-refractivity contribution in [1.82, 2.24) is 15.5 Å². The number of aryl methyl sites for hydroxylation is 2. The maximum atomic E-state index is 12.8. The summed E-state index contributed by atoms with van der Waals surface area (Å²) in [5.74, 6) is 0.102. The summed E-state index contributed by atoms with van der Waals surface area (Å²) in [6.07, 6.45) is 8.81. The third kappa shape index (κ3) is 6.57. The average Bonchev–Trinajstić information content (AvgIpc) is 2.71. The molecule has 2 heterocycles. The summed E-state index contributed by atoms with van der Waals surface area (Å²) in [6.45, 7) is 8.78. The number of hydrogen-bond acceptors (Lipinski definition) is 4. The standard InChI is InChI=1S/C23H38N4O/c1-18-8-7-9-19(2)23(18)26-22(28)17-27(16-21-11-4-6-14-25-21)15-12-20-10-3-5-13-24-20/h7-9,20-21,24-25H,3-6,10-17H2,1-2H3,(H,26,28). The Balaban J connectivity index is 1.57. The van der Waals surface area contributed by atoms with Gasteiger partial charge in [0.25, 0.3) is 0 Å². The number of hydrogen-bond donors (Lipinski definition) is 3. The van der Waals surface area contributed by atoms with Crippen LogP contribution in [0.3, 0.4) is 0 Å². The number of rotatable bonds is 8.